The number of benzene rings is 1. The van der Waals surface area contributed by atoms with E-state index in [2.05, 4.69) is 62.0 Å². The highest BCUT2D eigenvalue weighted by molar-refractivity contribution is 5.46. The molecule has 0 bridgehead atoms. The van der Waals surface area contributed by atoms with Crippen molar-refractivity contribution in [3.8, 4) is 0 Å². The van der Waals surface area contributed by atoms with Crippen LogP contribution < -0.4 is 10.6 Å². The molecule has 1 unspecified atom stereocenters. The van der Waals surface area contributed by atoms with Crippen LogP contribution in [0.4, 0.5) is 5.69 Å². The highest BCUT2D eigenvalue weighted by Crippen LogP contribution is 2.25. The number of nitrogens with two attached hydrogens (primary N) is 1. The predicted octanol–water partition coefficient (Wildman–Crippen LogP) is 2.48. The van der Waals surface area contributed by atoms with Crippen LogP contribution in [0.5, 0.6) is 0 Å². The van der Waals surface area contributed by atoms with E-state index in [1.807, 2.05) is 0 Å². The lowest BCUT2D eigenvalue weighted by Gasteiger charge is -2.30. The van der Waals surface area contributed by atoms with Crippen LogP contribution >= 0.6 is 0 Å². The Morgan fingerprint density at radius 2 is 1.61 bits per heavy atom. The van der Waals surface area contributed by atoms with Gasteiger partial charge in [0.2, 0.25) is 0 Å². The highest BCUT2D eigenvalue weighted by Gasteiger charge is 2.16. The van der Waals surface area contributed by atoms with Gasteiger partial charge in [0.05, 0.1) is 0 Å². The Kier molecular flexibility index (Phi) is 6.16. The van der Waals surface area contributed by atoms with Gasteiger partial charge in [0.25, 0.3) is 0 Å². The average Bonchev–Trinajstić information content (AvgIpc) is 2.39. The quantitative estimate of drug-likeness (QED) is 0.806. The summed E-state index contributed by atoms with van der Waals surface area (Å²) in [5.41, 5.74) is 8.37. The Labute approximate surface area is 112 Å². The molecule has 0 aliphatic heterocycles. The van der Waals surface area contributed by atoms with Crippen LogP contribution in [0, 0.1) is 0 Å². The van der Waals surface area contributed by atoms with Gasteiger partial charge in [-0.15, -0.1) is 0 Å². The van der Waals surface area contributed by atoms with Crippen molar-refractivity contribution in [3.63, 3.8) is 0 Å². The summed E-state index contributed by atoms with van der Waals surface area (Å²) in [7, 11) is 4.13. The SMILES string of the molecule is CCN(CC)C(CCN)c1ccc(N(C)C)cc1. The summed E-state index contributed by atoms with van der Waals surface area (Å²) in [5, 5.41) is 0. The Balaban J connectivity index is 2.91. The standard InChI is InChI=1S/C15H27N3/c1-5-18(6-2)15(11-12-16)13-7-9-14(10-8-13)17(3)4/h7-10,15H,5-6,11-12,16H2,1-4H3. The molecule has 3 nitrogen and oxygen atoms in total. The average molecular weight is 249 g/mol. The lowest BCUT2D eigenvalue weighted by molar-refractivity contribution is 0.210. The molecule has 2 N–H and O–H groups in total. The first kappa shape index (κ1) is 15.0. The van der Waals surface area contributed by atoms with Crippen molar-refractivity contribution in [2.45, 2.75) is 26.3 Å². The van der Waals surface area contributed by atoms with Crippen molar-refractivity contribution in [2.24, 2.45) is 5.73 Å². The third kappa shape index (κ3) is 3.72. The van der Waals surface area contributed by atoms with E-state index in [-0.39, 0.29) is 0 Å². The van der Waals surface area contributed by atoms with E-state index in [0.717, 1.165) is 26.1 Å². The van der Waals surface area contributed by atoms with Crippen LogP contribution in [0.2, 0.25) is 0 Å². The minimum absolute atomic E-state index is 0.446. The predicted molar refractivity (Wildman–Crippen MR) is 80.1 cm³/mol. The Morgan fingerprint density at radius 1 is 1.06 bits per heavy atom. The molecule has 18 heavy (non-hydrogen) atoms. The molecule has 3 heteroatoms. The van der Waals surface area contributed by atoms with Gasteiger partial charge < -0.3 is 10.6 Å². The topological polar surface area (TPSA) is 32.5 Å². The second-order valence-corrected chi connectivity index (χ2v) is 4.80. The fourth-order valence-corrected chi connectivity index (χ4v) is 2.38. The minimum atomic E-state index is 0.446. The molecule has 1 aromatic carbocycles. The zero-order chi connectivity index (χ0) is 13.5. The number of nitrogens with zero attached hydrogens (tertiary/aromatic N) is 2. The van der Waals surface area contributed by atoms with E-state index in [1.54, 1.807) is 0 Å². The van der Waals surface area contributed by atoms with Gasteiger partial charge in [0, 0.05) is 25.8 Å². The number of anilines is 1. The third-order valence-corrected chi connectivity index (χ3v) is 3.49. The van der Waals surface area contributed by atoms with Crippen LogP contribution in [-0.4, -0.2) is 38.6 Å². The molecule has 0 aromatic heterocycles. The molecule has 1 rings (SSSR count). The zero-order valence-corrected chi connectivity index (χ0v) is 12.2. The Morgan fingerprint density at radius 3 is 2.00 bits per heavy atom. The van der Waals surface area contributed by atoms with Gasteiger partial charge in [-0.2, -0.15) is 0 Å². The molecule has 0 aliphatic carbocycles. The molecule has 0 heterocycles. The molecule has 102 valence electrons. The van der Waals surface area contributed by atoms with Crippen molar-refractivity contribution in [3.05, 3.63) is 29.8 Å². The van der Waals surface area contributed by atoms with Crippen LogP contribution in [0.1, 0.15) is 31.9 Å². The molecule has 0 radical (unpaired) electrons. The summed E-state index contributed by atoms with van der Waals surface area (Å²) < 4.78 is 0. The van der Waals surface area contributed by atoms with Crippen molar-refractivity contribution in [1.82, 2.24) is 4.90 Å². The van der Waals surface area contributed by atoms with E-state index >= 15 is 0 Å². The largest absolute Gasteiger partial charge is 0.378 e. The van der Waals surface area contributed by atoms with Gasteiger partial charge in [-0.05, 0) is 43.8 Å². The van der Waals surface area contributed by atoms with Crippen molar-refractivity contribution >= 4 is 5.69 Å². The van der Waals surface area contributed by atoms with E-state index in [4.69, 9.17) is 5.73 Å². The van der Waals surface area contributed by atoms with Crippen molar-refractivity contribution in [2.75, 3.05) is 38.6 Å². The maximum absolute atomic E-state index is 5.76. The highest BCUT2D eigenvalue weighted by atomic mass is 15.1. The minimum Gasteiger partial charge on any atom is -0.378 e. The van der Waals surface area contributed by atoms with E-state index in [1.165, 1.54) is 11.3 Å². The second-order valence-electron chi connectivity index (χ2n) is 4.80. The molecule has 0 fully saturated rings. The second kappa shape index (κ2) is 7.39. The van der Waals surface area contributed by atoms with E-state index in [9.17, 15) is 0 Å². The molecular weight excluding hydrogens is 222 g/mol. The normalized spacial score (nSPS) is 12.8. The van der Waals surface area contributed by atoms with Crippen molar-refractivity contribution in [1.29, 1.82) is 0 Å². The van der Waals surface area contributed by atoms with Gasteiger partial charge in [0.1, 0.15) is 0 Å². The lowest BCUT2D eigenvalue weighted by atomic mass is 10.0. The molecule has 0 aliphatic rings. The molecule has 1 atom stereocenters. The Bertz CT molecular complexity index is 328. The van der Waals surface area contributed by atoms with Crippen LogP contribution in [-0.2, 0) is 0 Å². The van der Waals surface area contributed by atoms with Crippen LogP contribution in [0.15, 0.2) is 24.3 Å². The molecule has 0 amide bonds. The van der Waals surface area contributed by atoms with Crippen molar-refractivity contribution < 1.29 is 0 Å². The number of hydrogen-bond acceptors (Lipinski definition) is 3. The number of hydrogen-bond donors (Lipinski definition) is 1. The summed E-state index contributed by atoms with van der Waals surface area (Å²) in [4.78, 5) is 4.59. The summed E-state index contributed by atoms with van der Waals surface area (Å²) in [6.07, 6.45) is 1.02. The summed E-state index contributed by atoms with van der Waals surface area (Å²) in [5.74, 6) is 0. The fourth-order valence-electron chi connectivity index (χ4n) is 2.38. The third-order valence-electron chi connectivity index (χ3n) is 3.49. The van der Waals surface area contributed by atoms with Gasteiger partial charge in [-0.3, -0.25) is 4.90 Å². The molecule has 0 spiro atoms. The first-order valence-electron chi connectivity index (χ1n) is 6.85. The maximum atomic E-state index is 5.76. The first-order valence-corrected chi connectivity index (χ1v) is 6.85. The summed E-state index contributed by atoms with van der Waals surface area (Å²) in [6.45, 7) is 7.28. The Hall–Kier alpha value is -1.06. The molecule has 0 saturated carbocycles. The van der Waals surface area contributed by atoms with Crippen LogP contribution in [0.25, 0.3) is 0 Å². The summed E-state index contributed by atoms with van der Waals surface area (Å²) >= 11 is 0. The van der Waals surface area contributed by atoms with E-state index < -0.39 is 0 Å². The fraction of sp³-hybridized carbons (Fsp3) is 0.600. The molecule has 1 aromatic rings. The monoisotopic (exact) mass is 249 g/mol. The lowest BCUT2D eigenvalue weighted by Crippen LogP contribution is -2.30. The van der Waals surface area contributed by atoms with Gasteiger partial charge in [0.15, 0.2) is 0 Å². The molecular formula is C15H27N3. The van der Waals surface area contributed by atoms with Gasteiger partial charge in [-0.1, -0.05) is 26.0 Å². The maximum Gasteiger partial charge on any atom is 0.0361 e. The smallest absolute Gasteiger partial charge is 0.0361 e. The number of rotatable bonds is 7. The summed E-state index contributed by atoms with van der Waals surface area (Å²) in [6, 6.07) is 9.27. The zero-order valence-electron chi connectivity index (χ0n) is 12.2. The van der Waals surface area contributed by atoms with Gasteiger partial charge >= 0.3 is 0 Å². The molecule has 0 saturated heterocycles. The van der Waals surface area contributed by atoms with Crippen LogP contribution in [0.3, 0.4) is 0 Å². The first-order chi connectivity index (χ1) is 8.63. The van der Waals surface area contributed by atoms with Gasteiger partial charge in [-0.25, -0.2) is 0 Å². The van der Waals surface area contributed by atoms with E-state index in [0.29, 0.717) is 6.04 Å².